The lowest BCUT2D eigenvalue weighted by Crippen LogP contribution is -2.37. The highest BCUT2D eigenvalue weighted by Crippen LogP contribution is 2.56. The number of benzene rings is 3. The predicted molar refractivity (Wildman–Crippen MR) is 116 cm³/mol. The highest BCUT2D eigenvalue weighted by atomic mass is 16.5. The van der Waals surface area contributed by atoms with E-state index in [4.69, 9.17) is 4.74 Å². The summed E-state index contributed by atoms with van der Waals surface area (Å²) < 4.78 is 7.70. The number of ether oxygens (including phenoxy) is 1. The Bertz CT molecular complexity index is 1280. The Morgan fingerprint density at radius 1 is 0.931 bits per heavy atom. The smallest absolute Gasteiger partial charge is 0.325 e. The van der Waals surface area contributed by atoms with Crippen LogP contribution < -0.4 is 0 Å². The number of rotatable bonds is 2. The number of hydrogen-bond acceptors (Lipinski definition) is 2. The number of esters is 1. The molecule has 0 amide bonds. The van der Waals surface area contributed by atoms with Crippen LogP contribution in [0.2, 0.25) is 0 Å². The molecule has 3 heteroatoms. The van der Waals surface area contributed by atoms with Crippen molar-refractivity contribution in [3.63, 3.8) is 0 Å². The van der Waals surface area contributed by atoms with Crippen LogP contribution >= 0.6 is 0 Å². The van der Waals surface area contributed by atoms with E-state index in [0.717, 1.165) is 44.4 Å². The van der Waals surface area contributed by atoms with Crippen molar-refractivity contribution in [1.82, 2.24) is 4.57 Å². The van der Waals surface area contributed by atoms with E-state index in [9.17, 15) is 4.79 Å². The van der Waals surface area contributed by atoms with E-state index in [1.54, 1.807) is 0 Å². The third kappa shape index (κ3) is 2.16. The Kier molecular flexibility index (Phi) is 3.72. The normalized spacial score (nSPS) is 17.2. The minimum Gasteiger partial charge on any atom is -0.468 e. The van der Waals surface area contributed by atoms with Crippen LogP contribution in [-0.4, -0.2) is 17.6 Å². The molecule has 3 aromatic carbocycles. The first-order valence-electron chi connectivity index (χ1n) is 9.85. The van der Waals surface area contributed by atoms with Gasteiger partial charge < -0.3 is 9.30 Å². The van der Waals surface area contributed by atoms with E-state index < -0.39 is 5.41 Å². The minimum absolute atomic E-state index is 0.247. The Morgan fingerprint density at radius 3 is 2.34 bits per heavy atom. The largest absolute Gasteiger partial charge is 0.468 e. The highest BCUT2D eigenvalue weighted by Gasteiger charge is 2.54. The van der Waals surface area contributed by atoms with Crippen molar-refractivity contribution in [2.75, 3.05) is 7.11 Å². The zero-order valence-electron chi connectivity index (χ0n) is 17.1. The number of nitrogens with zero attached hydrogens (tertiary/aromatic N) is 1. The minimum atomic E-state index is -0.986. The molecule has 0 saturated carbocycles. The fourth-order valence-corrected chi connectivity index (χ4v) is 5.03. The molecule has 1 aromatic heterocycles. The monoisotopic (exact) mass is 381 g/mol. The van der Waals surface area contributed by atoms with Gasteiger partial charge in [-0.25, -0.2) is 0 Å². The van der Waals surface area contributed by atoms with Crippen LogP contribution in [0.25, 0.3) is 22.2 Å². The maximum Gasteiger partial charge on any atom is 0.325 e. The Morgan fingerprint density at radius 2 is 1.62 bits per heavy atom. The Hall–Kier alpha value is -3.33. The summed E-state index contributed by atoms with van der Waals surface area (Å²) in [5.74, 6) is -0.247. The van der Waals surface area contributed by atoms with Gasteiger partial charge in [-0.15, -0.1) is 0 Å². The van der Waals surface area contributed by atoms with Gasteiger partial charge in [-0.05, 0) is 37.1 Å². The highest BCUT2D eigenvalue weighted by molar-refractivity contribution is 6.08. The molecule has 0 aliphatic heterocycles. The fraction of sp³-hybridized carbons (Fsp3) is 0.192. The number of aryl methyl sites for hydroxylation is 3. The number of aromatic nitrogens is 1. The van der Waals surface area contributed by atoms with Crippen LogP contribution in [0.5, 0.6) is 0 Å². The molecule has 3 nitrogen and oxygen atoms in total. The van der Waals surface area contributed by atoms with Crippen LogP contribution in [0.3, 0.4) is 0 Å². The molecule has 0 bridgehead atoms. The average Bonchev–Trinajstić information content (AvgIpc) is 3.19. The first-order valence-corrected chi connectivity index (χ1v) is 9.85. The second-order valence-corrected chi connectivity index (χ2v) is 7.96. The van der Waals surface area contributed by atoms with Gasteiger partial charge in [-0.3, -0.25) is 4.79 Å². The zero-order chi connectivity index (χ0) is 20.3. The first kappa shape index (κ1) is 17.7. The zero-order valence-corrected chi connectivity index (χ0v) is 17.1. The molecule has 0 spiro atoms. The molecule has 0 saturated heterocycles. The molecule has 1 aliphatic carbocycles. The van der Waals surface area contributed by atoms with Gasteiger partial charge in [-0.2, -0.15) is 0 Å². The van der Waals surface area contributed by atoms with Crippen molar-refractivity contribution in [2.45, 2.75) is 19.3 Å². The number of carbonyl (C=O) groups excluding carboxylic acids is 1. The van der Waals surface area contributed by atoms with Crippen LogP contribution in [0.1, 0.15) is 27.8 Å². The van der Waals surface area contributed by atoms with Gasteiger partial charge in [0.1, 0.15) is 5.41 Å². The number of fused-ring (bicyclic) bond motifs is 5. The molecule has 0 radical (unpaired) electrons. The molecule has 0 fully saturated rings. The molecule has 29 heavy (non-hydrogen) atoms. The maximum atomic E-state index is 13.7. The molecule has 0 N–H and O–H groups in total. The predicted octanol–water partition coefficient (Wildman–Crippen LogP) is 5.28. The lowest BCUT2D eigenvalue weighted by molar-refractivity contribution is -0.144. The lowest BCUT2D eigenvalue weighted by Gasteiger charge is -2.30. The van der Waals surface area contributed by atoms with E-state index in [0.29, 0.717) is 0 Å². The van der Waals surface area contributed by atoms with E-state index >= 15 is 0 Å². The van der Waals surface area contributed by atoms with Gasteiger partial charge in [0.2, 0.25) is 0 Å². The van der Waals surface area contributed by atoms with Gasteiger partial charge in [-0.1, -0.05) is 65.7 Å². The second-order valence-electron chi connectivity index (χ2n) is 7.96. The van der Waals surface area contributed by atoms with E-state index in [1.165, 1.54) is 12.7 Å². The molecular formula is C26H23NO2. The summed E-state index contributed by atoms with van der Waals surface area (Å²) in [5.41, 5.74) is 7.58. The molecule has 1 unspecified atom stereocenters. The second kappa shape index (κ2) is 6.08. The van der Waals surface area contributed by atoms with Crippen molar-refractivity contribution in [3.8, 4) is 11.3 Å². The van der Waals surface area contributed by atoms with Crippen LogP contribution in [-0.2, 0) is 22.0 Å². The van der Waals surface area contributed by atoms with Crippen molar-refractivity contribution in [3.05, 3.63) is 94.5 Å². The number of methoxy groups -OCH3 is 1. The first-order chi connectivity index (χ1) is 14.0. The average molecular weight is 381 g/mol. The van der Waals surface area contributed by atoms with Crippen molar-refractivity contribution < 1.29 is 9.53 Å². The van der Waals surface area contributed by atoms with Gasteiger partial charge in [0.15, 0.2) is 0 Å². The van der Waals surface area contributed by atoms with Gasteiger partial charge in [0.05, 0.1) is 12.8 Å². The van der Waals surface area contributed by atoms with Gasteiger partial charge in [0.25, 0.3) is 0 Å². The summed E-state index contributed by atoms with van der Waals surface area (Å²) in [5, 5.41) is 1.10. The summed E-state index contributed by atoms with van der Waals surface area (Å²) in [6.07, 6.45) is 0. The van der Waals surface area contributed by atoms with Crippen LogP contribution in [0, 0.1) is 13.8 Å². The topological polar surface area (TPSA) is 31.2 Å². The molecule has 1 aliphatic rings. The molecule has 144 valence electrons. The van der Waals surface area contributed by atoms with Crippen molar-refractivity contribution in [2.24, 2.45) is 7.05 Å². The number of carbonyl (C=O) groups is 1. The van der Waals surface area contributed by atoms with E-state index in [2.05, 4.69) is 61.9 Å². The summed E-state index contributed by atoms with van der Waals surface area (Å²) >= 11 is 0. The van der Waals surface area contributed by atoms with E-state index in [1.807, 2.05) is 30.3 Å². The third-order valence-corrected chi connectivity index (χ3v) is 6.26. The molecule has 1 heterocycles. The SMILES string of the molecule is COC(=O)C1(c2ccccc2)c2cc(C)ccc2-c2c1c1cc(C)ccc1n2C. The van der Waals surface area contributed by atoms with Crippen molar-refractivity contribution in [1.29, 1.82) is 0 Å². The van der Waals surface area contributed by atoms with Crippen LogP contribution in [0.15, 0.2) is 66.7 Å². The van der Waals surface area contributed by atoms with E-state index in [-0.39, 0.29) is 5.97 Å². The quantitative estimate of drug-likeness (QED) is 0.442. The molecule has 1 atom stereocenters. The molecular weight excluding hydrogens is 358 g/mol. The third-order valence-electron chi connectivity index (χ3n) is 6.26. The number of hydrogen-bond donors (Lipinski definition) is 0. The van der Waals surface area contributed by atoms with Crippen molar-refractivity contribution >= 4 is 16.9 Å². The standard InChI is InChI=1S/C26H23NO2/c1-16-11-13-22-20(14-16)23-24(27(22)3)19-12-10-17(2)15-21(19)26(23,25(28)29-4)18-8-6-5-7-9-18/h5-15H,1-4H3. The molecule has 5 rings (SSSR count). The summed E-state index contributed by atoms with van der Waals surface area (Å²) in [7, 11) is 3.56. The van der Waals surface area contributed by atoms with Crippen LogP contribution in [0.4, 0.5) is 0 Å². The summed E-state index contributed by atoms with van der Waals surface area (Å²) in [4.78, 5) is 13.7. The Balaban J connectivity index is 2.06. The van der Waals surface area contributed by atoms with Gasteiger partial charge >= 0.3 is 5.97 Å². The summed E-state index contributed by atoms with van der Waals surface area (Å²) in [6, 6.07) is 22.9. The van der Waals surface area contributed by atoms with Gasteiger partial charge in [0, 0.05) is 29.1 Å². The fourth-order valence-electron chi connectivity index (χ4n) is 5.03. The lowest BCUT2D eigenvalue weighted by atomic mass is 9.71. The maximum absolute atomic E-state index is 13.7. The molecule has 4 aromatic rings. The Labute approximate surface area is 170 Å². The summed E-state index contributed by atoms with van der Waals surface area (Å²) in [6.45, 7) is 4.16.